The van der Waals surface area contributed by atoms with E-state index in [1.165, 1.54) is 23.1 Å². The molecule has 26 heavy (non-hydrogen) atoms. The van der Waals surface area contributed by atoms with Gasteiger partial charge in [-0.1, -0.05) is 12.1 Å². The predicted molar refractivity (Wildman–Crippen MR) is 105 cm³/mol. The molecule has 0 aliphatic carbocycles. The maximum Gasteiger partial charge on any atom is 0.251 e. The number of likely N-dealkylation sites (N-methyl/N-ethyl adjacent to an activating group) is 1. The summed E-state index contributed by atoms with van der Waals surface area (Å²) in [5.74, 6) is -1.38. The first-order valence-corrected chi connectivity index (χ1v) is 9.09. The van der Waals surface area contributed by atoms with Crippen LogP contribution in [0.4, 0.5) is 5.69 Å². The first-order chi connectivity index (χ1) is 12.5. The number of nitrogens with one attached hydrogen (secondary N) is 2. The van der Waals surface area contributed by atoms with E-state index >= 15 is 0 Å². The van der Waals surface area contributed by atoms with Gasteiger partial charge >= 0.3 is 0 Å². The molecule has 2 amide bonds. The molecule has 7 nitrogen and oxygen atoms in total. The number of para-hydroxylation sites is 2. The molecule has 1 aromatic carbocycles. The summed E-state index contributed by atoms with van der Waals surface area (Å²) in [6.07, 6.45) is 1.42. The number of aliphatic imine (C=N–C) groups is 1. The molecule has 0 aromatic heterocycles. The number of quaternary nitrogens is 1. The zero-order valence-electron chi connectivity index (χ0n) is 15.3. The van der Waals surface area contributed by atoms with Crippen LogP contribution in [0.1, 0.15) is 13.8 Å². The monoisotopic (exact) mass is 377 g/mol. The molecule has 2 rings (SSSR count). The zero-order chi connectivity index (χ0) is 19.1. The van der Waals surface area contributed by atoms with Gasteiger partial charge in [0.15, 0.2) is 11.0 Å². The Hall–Kier alpha value is -2.32. The normalized spacial score (nSPS) is 17.9. The fraction of sp³-hybridized carbons (Fsp3) is 0.444. The summed E-state index contributed by atoms with van der Waals surface area (Å²) in [6, 6.07) is 7.03. The summed E-state index contributed by atoms with van der Waals surface area (Å²) in [5, 5.41) is 2.62. The van der Waals surface area contributed by atoms with E-state index in [4.69, 9.17) is 17.0 Å². The van der Waals surface area contributed by atoms with Crippen molar-refractivity contribution in [3.8, 4) is 5.75 Å². The standard InChI is InChI=1S/C18H24N4O3S/c1-4-21(5-2)11-10-19-12-13-16(23)20-18(26)22(17(13)24)14-8-6-7-9-15(14)25-3/h6-9,12-13H,4-5,10-11H2,1-3H3,(H,20,23,26)/p+1. The second-order valence-corrected chi connectivity index (χ2v) is 6.27. The van der Waals surface area contributed by atoms with Crippen molar-refractivity contribution >= 4 is 41.0 Å². The van der Waals surface area contributed by atoms with Gasteiger partial charge in [-0.3, -0.25) is 19.5 Å². The van der Waals surface area contributed by atoms with Crippen molar-refractivity contribution in [2.45, 2.75) is 13.8 Å². The van der Waals surface area contributed by atoms with Gasteiger partial charge in [0.05, 0.1) is 39.0 Å². The Kier molecular flexibility index (Phi) is 7.23. The number of amides is 2. The highest BCUT2D eigenvalue weighted by Crippen LogP contribution is 2.30. The Morgan fingerprint density at radius 3 is 2.65 bits per heavy atom. The van der Waals surface area contributed by atoms with E-state index in [0.29, 0.717) is 18.0 Å². The number of ether oxygens (including phenoxy) is 1. The van der Waals surface area contributed by atoms with Gasteiger partial charge < -0.3 is 15.0 Å². The number of hydrogen-bond acceptors (Lipinski definition) is 5. The van der Waals surface area contributed by atoms with E-state index in [2.05, 4.69) is 24.2 Å². The van der Waals surface area contributed by atoms with Gasteiger partial charge in [-0.2, -0.15) is 0 Å². The minimum atomic E-state index is -1.00. The quantitative estimate of drug-likeness (QED) is 0.382. The minimum absolute atomic E-state index is 0.0433. The van der Waals surface area contributed by atoms with Crippen LogP contribution in [-0.2, 0) is 9.59 Å². The highest BCUT2D eigenvalue weighted by molar-refractivity contribution is 7.80. The van der Waals surface area contributed by atoms with Crippen LogP contribution in [0.5, 0.6) is 5.75 Å². The molecule has 0 radical (unpaired) electrons. The molecule has 0 bridgehead atoms. The number of anilines is 1. The molecule has 1 heterocycles. The smallest absolute Gasteiger partial charge is 0.251 e. The van der Waals surface area contributed by atoms with Crippen LogP contribution in [0.15, 0.2) is 29.3 Å². The summed E-state index contributed by atoms with van der Waals surface area (Å²) >= 11 is 5.19. The highest BCUT2D eigenvalue weighted by atomic mass is 32.1. The van der Waals surface area contributed by atoms with Gasteiger partial charge in [-0.15, -0.1) is 0 Å². The Morgan fingerprint density at radius 2 is 2.00 bits per heavy atom. The number of rotatable bonds is 8. The summed E-state index contributed by atoms with van der Waals surface area (Å²) in [4.78, 5) is 32.1. The fourth-order valence-electron chi connectivity index (χ4n) is 2.77. The lowest BCUT2D eigenvalue weighted by Gasteiger charge is -2.31. The lowest BCUT2D eigenvalue weighted by Crippen LogP contribution is -3.11. The van der Waals surface area contributed by atoms with Crippen LogP contribution in [0, 0.1) is 5.92 Å². The van der Waals surface area contributed by atoms with Crippen molar-refractivity contribution < 1.29 is 19.2 Å². The minimum Gasteiger partial charge on any atom is -0.495 e. The molecule has 1 aromatic rings. The molecular formula is C18H25N4O3S+. The van der Waals surface area contributed by atoms with Crippen molar-refractivity contribution in [2.75, 3.05) is 38.2 Å². The zero-order valence-corrected chi connectivity index (χ0v) is 16.1. The van der Waals surface area contributed by atoms with Crippen molar-refractivity contribution in [1.82, 2.24) is 5.32 Å². The van der Waals surface area contributed by atoms with Crippen LogP contribution >= 0.6 is 12.2 Å². The van der Waals surface area contributed by atoms with Crippen LogP contribution in [0.25, 0.3) is 0 Å². The molecule has 1 fully saturated rings. The Labute approximate surface area is 159 Å². The molecule has 1 atom stereocenters. The maximum atomic E-state index is 12.9. The Bertz CT molecular complexity index is 703. The first-order valence-electron chi connectivity index (χ1n) is 8.68. The summed E-state index contributed by atoms with van der Waals surface area (Å²) in [7, 11) is 1.52. The van der Waals surface area contributed by atoms with Crippen LogP contribution in [0.3, 0.4) is 0 Å². The van der Waals surface area contributed by atoms with Gasteiger partial charge in [0.2, 0.25) is 5.91 Å². The summed E-state index contributed by atoms with van der Waals surface area (Å²) in [5.41, 5.74) is 0.496. The molecule has 2 N–H and O–H groups in total. The number of methoxy groups -OCH3 is 1. The third kappa shape index (κ3) is 4.44. The molecular weight excluding hydrogens is 352 g/mol. The average molecular weight is 377 g/mol. The number of carbonyl (C=O) groups is 2. The summed E-state index contributed by atoms with van der Waals surface area (Å²) in [6.45, 7) is 7.70. The third-order valence-electron chi connectivity index (χ3n) is 4.38. The molecule has 1 unspecified atom stereocenters. The van der Waals surface area contributed by atoms with Gasteiger partial charge in [0.1, 0.15) is 5.75 Å². The van der Waals surface area contributed by atoms with Gasteiger partial charge in [0, 0.05) is 6.21 Å². The first kappa shape index (κ1) is 20.0. The van der Waals surface area contributed by atoms with E-state index in [1.54, 1.807) is 24.3 Å². The number of benzene rings is 1. The Morgan fingerprint density at radius 1 is 1.31 bits per heavy atom. The molecule has 0 spiro atoms. The van der Waals surface area contributed by atoms with E-state index in [1.807, 2.05) is 0 Å². The number of thiocarbonyl (C=S) groups is 1. The van der Waals surface area contributed by atoms with E-state index in [9.17, 15) is 9.59 Å². The van der Waals surface area contributed by atoms with E-state index in [0.717, 1.165) is 19.6 Å². The number of nitrogens with zero attached hydrogens (tertiary/aromatic N) is 2. The second kappa shape index (κ2) is 9.40. The second-order valence-electron chi connectivity index (χ2n) is 5.88. The molecule has 0 saturated carbocycles. The van der Waals surface area contributed by atoms with Gasteiger partial charge in [-0.25, -0.2) is 0 Å². The van der Waals surface area contributed by atoms with Gasteiger partial charge in [-0.05, 0) is 38.2 Å². The van der Waals surface area contributed by atoms with Crippen molar-refractivity contribution in [2.24, 2.45) is 10.9 Å². The van der Waals surface area contributed by atoms with Crippen LogP contribution in [0.2, 0.25) is 0 Å². The lowest BCUT2D eigenvalue weighted by atomic mass is 10.1. The van der Waals surface area contributed by atoms with E-state index in [-0.39, 0.29) is 5.11 Å². The average Bonchev–Trinajstić information content (AvgIpc) is 2.64. The topological polar surface area (TPSA) is 75.4 Å². The third-order valence-corrected chi connectivity index (χ3v) is 4.66. The Balaban J connectivity index is 2.17. The van der Waals surface area contributed by atoms with Crippen molar-refractivity contribution in [3.63, 3.8) is 0 Å². The fourth-order valence-corrected chi connectivity index (χ4v) is 3.06. The number of carbonyl (C=O) groups excluding carboxylic acids is 2. The van der Waals surface area contributed by atoms with Gasteiger partial charge in [0.25, 0.3) is 5.91 Å². The molecule has 1 aliphatic rings. The number of hydrogen-bond donors (Lipinski definition) is 2. The molecule has 8 heteroatoms. The SMILES string of the molecule is CC[NH+](CC)CCN=CC1C(=O)NC(=S)N(c2ccccc2OC)C1=O. The van der Waals surface area contributed by atoms with Crippen molar-refractivity contribution in [3.05, 3.63) is 24.3 Å². The van der Waals surface area contributed by atoms with Crippen LogP contribution in [-0.4, -0.2) is 56.4 Å². The largest absolute Gasteiger partial charge is 0.495 e. The maximum absolute atomic E-state index is 12.9. The predicted octanol–water partition coefficient (Wildman–Crippen LogP) is 0.0546. The molecule has 1 aliphatic heterocycles. The van der Waals surface area contributed by atoms with Crippen molar-refractivity contribution in [1.29, 1.82) is 0 Å². The van der Waals surface area contributed by atoms with E-state index < -0.39 is 17.7 Å². The molecule has 140 valence electrons. The molecule has 1 saturated heterocycles. The lowest BCUT2D eigenvalue weighted by molar-refractivity contribution is -0.894. The summed E-state index contributed by atoms with van der Waals surface area (Å²) < 4.78 is 5.30. The van der Waals surface area contributed by atoms with Crippen LogP contribution < -0.4 is 19.9 Å². The highest BCUT2D eigenvalue weighted by Gasteiger charge is 2.39.